The maximum absolute atomic E-state index is 4.93. The van der Waals surface area contributed by atoms with Crippen LogP contribution in [0.2, 0.25) is 0 Å². The van der Waals surface area contributed by atoms with Crippen molar-refractivity contribution < 1.29 is 51.0 Å². The van der Waals surface area contributed by atoms with Crippen LogP contribution in [0, 0.1) is 6.58 Å². The third kappa shape index (κ3) is 9.25. The van der Waals surface area contributed by atoms with E-state index in [1.807, 2.05) is 13.0 Å². The van der Waals surface area contributed by atoms with Crippen molar-refractivity contribution in [3.63, 3.8) is 0 Å². The zero-order chi connectivity index (χ0) is 10.9. The van der Waals surface area contributed by atoms with Gasteiger partial charge in [-0.1, -0.05) is 38.5 Å². The van der Waals surface area contributed by atoms with Crippen LogP contribution in [0.5, 0.6) is 0 Å². The summed E-state index contributed by atoms with van der Waals surface area (Å²) in [5, 5.41) is 0. The van der Waals surface area contributed by atoms with Crippen LogP contribution in [0.15, 0.2) is 42.5 Å². The molecule has 1 fully saturated rings. The first kappa shape index (κ1) is 23.4. The second kappa shape index (κ2) is 15.4. The molecule has 0 saturated heterocycles. The fourth-order valence-electron chi connectivity index (χ4n) is 2.03. The quantitative estimate of drug-likeness (QED) is 0.450. The van der Waals surface area contributed by atoms with Crippen molar-refractivity contribution in [2.45, 2.75) is 38.5 Å². The van der Waals surface area contributed by atoms with Gasteiger partial charge in [0.25, 0.3) is 0 Å². The molecule has 1 saturated carbocycles. The molecular formula is C15H20Cl2Zr. The van der Waals surface area contributed by atoms with E-state index in [0.29, 0.717) is 0 Å². The van der Waals surface area contributed by atoms with Crippen LogP contribution in [0.1, 0.15) is 44.1 Å². The van der Waals surface area contributed by atoms with Gasteiger partial charge >= 0.3 is 26.2 Å². The minimum Gasteiger partial charge on any atom is -1.00 e. The van der Waals surface area contributed by atoms with E-state index in [0.717, 1.165) is 5.92 Å². The van der Waals surface area contributed by atoms with E-state index in [1.54, 1.807) is 11.6 Å². The van der Waals surface area contributed by atoms with E-state index < -0.39 is 0 Å². The predicted molar refractivity (Wildman–Crippen MR) is 66.9 cm³/mol. The molecule has 0 spiro atoms. The summed E-state index contributed by atoms with van der Waals surface area (Å²) in [5.41, 5.74) is 1.57. The number of halogens is 2. The Hall–Kier alpha value is 0.293. The summed E-state index contributed by atoms with van der Waals surface area (Å²) < 4.78 is 0. The van der Waals surface area contributed by atoms with E-state index in [-0.39, 0.29) is 51.0 Å². The molecule has 0 radical (unpaired) electrons. The van der Waals surface area contributed by atoms with Gasteiger partial charge in [0.2, 0.25) is 0 Å². The predicted octanol–water partition coefficient (Wildman–Crippen LogP) is -1.38. The van der Waals surface area contributed by atoms with Crippen LogP contribution < -0.4 is 24.8 Å². The summed E-state index contributed by atoms with van der Waals surface area (Å²) in [6, 6.07) is 8.81. The molecule has 2 rings (SSSR count). The first-order valence-electron chi connectivity index (χ1n) is 5.76. The maximum Gasteiger partial charge on any atom is 4.00 e. The molecule has 1 aliphatic rings. The zero-order valence-electron chi connectivity index (χ0n) is 10.8. The van der Waals surface area contributed by atoms with Gasteiger partial charge < -0.3 is 24.8 Å². The van der Waals surface area contributed by atoms with E-state index in [4.69, 9.17) is 6.58 Å². The molecular weight excluding hydrogens is 342 g/mol. The van der Waals surface area contributed by atoms with E-state index >= 15 is 0 Å². The van der Waals surface area contributed by atoms with Gasteiger partial charge in [-0.3, -0.25) is 6.58 Å². The Morgan fingerprint density at radius 3 is 1.94 bits per heavy atom. The van der Waals surface area contributed by atoms with Crippen molar-refractivity contribution >= 4 is 0 Å². The first-order chi connectivity index (χ1) is 7.38. The van der Waals surface area contributed by atoms with Crippen molar-refractivity contribution in [3.8, 4) is 0 Å². The Morgan fingerprint density at radius 2 is 1.61 bits per heavy atom. The number of hydrogen-bond donors (Lipinski definition) is 0. The molecule has 3 heteroatoms. The summed E-state index contributed by atoms with van der Waals surface area (Å²) in [7, 11) is 0. The largest absolute Gasteiger partial charge is 4.00 e. The van der Waals surface area contributed by atoms with Crippen LogP contribution in [0.3, 0.4) is 0 Å². The minimum atomic E-state index is 0. The molecule has 0 N–H and O–H groups in total. The molecule has 98 valence electrons. The normalized spacial score (nSPS) is 13.6. The Kier molecular flexibility index (Phi) is 19.9. The fraction of sp³-hybridized carbons (Fsp3) is 0.400. The van der Waals surface area contributed by atoms with Gasteiger partial charge in [-0.05, 0) is 0 Å². The summed E-state index contributed by atoms with van der Waals surface area (Å²) in [6.07, 6.45) is 10.9. The van der Waals surface area contributed by atoms with Crippen LogP contribution in [0.4, 0.5) is 0 Å². The smallest absolute Gasteiger partial charge is 1.00 e. The molecule has 0 aromatic heterocycles. The molecule has 0 aliphatic heterocycles. The molecule has 0 amide bonds. The summed E-state index contributed by atoms with van der Waals surface area (Å²) in [4.78, 5) is 0. The molecule has 18 heavy (non-hydrogen) atoms. The SMILES string of the molecule is [CH-]=CC=CC.[Cl-].[Cl-].[Zr+4].c1cc[c-](C2CCCC2)c1. The van der Waals surface area contributed by atoms with Crippen molar-refractivity contribution in [1.29, 1.82) is 0 Å². The molecule has 0 atom stereocenters. The maximum atomic E-state index is 4.93. The van der Waals surface area contributed by atoms with E-state index in [1.165, 1.54) is 31.8 Å². The fourth-order valence-corrected chi connectivity index (χ4v) is 2.03. The molecule has 0 bridgehead atoms. The van der Waals surface area contributed by atoms with Crippen LogP contribution in [0.25, 0.3) is 0 Å². The van der Waals surface area contributed by atoms with Crippen molar-refractivity contribution in [3.05, 3.63) is 54.6 Å². The van der Waals surface area contributed by atoms with Gasteiger partial charge in [0.15, 0.2) is 0 Å². The number of rotatable bonds is 2. The van der Waals surface area contributed by atoms with Gasteiger partial charge in [-0.2, -0.15) is 23.8 Å². The van der Waals surface area contributed by atoms with Crippen molar-refractivity contribution in [2.75, 3.05) is 0 Å². The van der Waals surface area contributed by atoms with Crippen LogP contribution in [-0.4, -0.2) is 0 Å². The van der Waals surface area contributed by atoms with Crippen LogP contribution in [-0.2, 0) is 26.2 Å². The third-order valence-electron chi connectivity index (χ3n) is 2.82. The second-order valence-electron chi connectivity index (χ2n) is 3.92. The second-order valence-corrected chi connectivity index (χ2v) is 3.92. The third-order valence-corrected chi connectivity index (χ3v) is 2.82. The Labute approximate surface area is 143 Å². The first-order valence-corrected chi connectivity index (χ1v) is 5.76. The Morgan fingerprint density at radius 1 is 1.11 bits per heavy atom. The molecule has 1 aromatic carbocycles. The van der Waals surface area contributed by atoms with Crippen LogP contribution >= 0.6 is 0 Å². The van der Waals surface area contributed by atoms with Crippen molar-refractivity contribution in [2.24, 2.45) is 0 Å². The number of hydrogen-bond acceptors (Lipinski definition) is 0. The molecule has 0 heterocycles. The number of allylic oxidation sites excluding steroid dienone is 3. The van der Waals surface area contributed by atoms with Gasteiger partial charge in [-0.25, -0.2) is 24.3 Å². The van der Waals surface area contributed by atoms with E-state index in [9.17, 15) is 0 Å². The van der Waals surface area contributed by atoms with Crippen molar-refractivity contribution in [1.82, 2.24) is 0 Å². The van der Waals surface area contributed by atoms with E-state index in [2.05, 4.69) is 24.3 Å². The Balaban J connectivity index is -0.000000252. The topological polar surface area (TPSA) is 0 Å². The standard InChI is InChI=1S/C10H13.C5H7.2ClH.Zr/c1-2-6-9(5-1)10-7-3-4-8-10;1-3-5-4-2;;;/h1-2,5-6,10H,3-4,7-8H2;1,3-5H,2H3;2*1H;/q2*-1;;;+4/p-2. The van der Waals surface area contributed by atoms with Gasteiger partial charge in [0, 0.05) is 0 Å². The Bertz CT molecular complexity index is 285. The minimum absolute atomic E-state index is 0. The molecule has 0 nitrogen and oxygen atoms in total. The average molecular weight is 362 g/mol. The molecule has 1 aliphatic carbocycles. The average Bonchev–Trinajstić information content (AvgIpc) is 2.93. The summed E-state index contributed by atoms with van der Waals surface area (Å²) in [5.74, 6) is 0.898. The molecule has 0 unspecified atom stereocenters. The summed E-state index contributed by atoms with van der Waals surface area (Å²) in [6.45, 7) is 6.85. The zero-order valence-corrected chi connectivity index (χ0v) is 14.8. The van der Waals surface area contributed by atoms with Gasteiger partial charge in [0.1, 0.15) is 0 Å². The summed E-state index contributed by atoms with van der Waals surface area (Å²) >= 11 is 0. The van der Waals surface area contributed by atoms with Gasteiger partial charge in [-0.15, -0.1) is 0 Å². The monoisotopic (exact) mass is 360 g/mol. The van der Waals surface area contributed by atoms with Gasteiger partial charge in [0.05, 0.1) is 0 Å². The molecule has 1 aromatic rings.